The Bertz CT molecular complexity index is 1150. The monoisotopic (exact) mass is 446 g/mol. The summed E-state index contributed by atoms with van der Waals surface area (Å²) in [5, 5.41) is 1.24. The molecule has 158 valence electrons. The standard InChI is InChI=1S/C21H23FN4O2S2/c1-13-14(2)30-19-18(13)20(28)24(3)21(23-19)29-12-17(27)26-10-8-25(9-11-26)16-6-4-15(22)5-7-16/h4-7H,8-12H2,1-3H3. The van der Waals surface area contributed by atoms with Crippen LogP contribution >= 0.6 is 23.1 Å². The molecule has 4 rings (SSSR count). The number of rotatable bonds is 4. The number of carbonyl (C=O) groups excluding carboxylic acids is 1. The molecule has 1 saturated heterocycles. The summed E-state index contributed by atoms with van der Waals surface area (Å²) in [5.74, 6) is 0.0244. The van der Waals surface area contributed by atoms with E-state index in [2.05, 4.69) is 9.88 Å². The number of piperazine rings is 1. The maximum absolute atomic E-state index is 13.1. The summed E-state index contributed by atoms with van der Waals surface area (Å²) in [4.78, 5) is 35.9. The molecule has 1 aliphatic rings. The van der Waals surface area contributed by atoms with Gasteiger partial charge < -0.3 is 9.80 Å². The molecular weight excluding hydrogens is 423 g/mol. The average Bonchev–Trinajstić information content (AvgIpc) is 3.03. The summed E-state index contributed by atoms with van der Waals surface area (Å²) in [6.07, 6.45) is 0. The van der Waals surface area contributed by atoms with Gasteiger partial charge in [0.15, 0.2) is 5.16 Å². The van der Waals surface area contributed by atoms with E-state index in [-0.39, 0.29) is 23.0 Å². The largest absolute Gasteiger partial charge is 0.368 e. The maximum Gasteiger partial charge on any atom is 0.262 e. The second-order valence-corrected chi connectivity index (χ2v) is 9.50. The van der Waals surface area contributed by atoms with Gasteiger partial charge in [-0.2, -0.15) is 0 Å². The fourth-order valence-electron chi connectivity index (χ4n) is 3.57. The lowest BCUT2D eigenvalue weighted by Crippen LogP contribution is -2.49. The highest BCUT2D eigenvalue weighted by Gasteiger charge is 2.22. The van der Waals surface area contributed by atoms with Crippen LogP contribution in [0.25, 0.3) is 10.2 Å². The molecule has 0 saturated carbocycles. The third-order valence-corrected chi connectivity index (χ3v) is 7.63. The zero-order valence-electron chi connectivity index (χ0n) is 17.1. The molecule has 3 aromatic rings. The van der Waals surface area contributed by atoms with Crippen molar-refractivity contribution in [2.45, 2.75) is 19.0 Å². The lowest BCUT2D eigenvalue weighted by Gasteiger charge is -2.36. The van der Waals surface area contributed by atoms with Crippen LogP contribution in [0.2, 0.25) is 0 Å². The van der Waals surface area contributed by atoms with Gasteiger partial charge in [0.2, 0.25) is 5.91 Å². The number of aryl methyl sites for hydroxylation is 2. The van der Waals surface area contributed by atoms with Crippen molar-refractivity contribution in [1.29, 1.82) is 0 Å². The molecule has 2 aromatic heterocycles. The van der Waals surface area contributed by atoms with Crippen LogP contribution in [0.3, 0.4) is 0 Å². The topological polar surface area (TPSA) is 58.4 Å². The van der Waals surface area contributed by atoms with Gasteiger partial charge in [0.25, 0.3) is 5.56 Å². The minimum Gasteiger partial charge on any atom is -0.368 e. The summed E-state index contributed by atoms with van der Waals surface area (Å²) in [6.45, 7) is 6.58. The highest BCUT2D eigenvalue weighted by Crippen LogP contribution is 2.28. The molecule has 1 fully saturated rings. The third-order valence-electron chi connectivity index (χ3n) is 5.52. The number of thioether (sulfide) groups is 1. The summed E-state index contributed by atoms with van der Waals surface area (Å²) >= 11 is 2.82. The Morgan fingerprint density at radius 1 is 1.17 bits per heavy atom. The maximum atomic E-state index is 13.1. The predicted molar refractivity (Wildman–Crippen MR) is 120 cm³/mol. The summed E-state index contributed by atoms with van der Waals surface area (Å²) in [5.41, 5.74) is 1.88. The minimum atomic E-state index is -0.251. The zero-order valence-corrected chi connectivity index (χ0v) is 18.8. The lowest BCUT2D eigenvalue weighted by molar-refractivity contribution is -0.128. The van der Waals surface area contributed by atoms with E-state index in [1.807, 2.05) is 18.7 Å². The van der Waals surface area contributed by atoms with Crippen molar-refractivity contribution < 1.29 is 9.18 Å². The highest BCUT2D eigenvalue weighted by atomic mass is 32.2. The van der Waals surface area contributed by atoms with Crippen LogP contribution in [0.5, 0.6) is 0 Å². The molecule has 0 radical (unpaired) electrons. The molecule has 0 atom stereocenters. The number of aromatic nitrogens is 2. The van der Waals surface area contributed by atoms with Crippen LogP contribution in [0, 0.1) is 19.7 Å². The first-order valence-corrected chi connectivity index (χ1v) is 11.5. The van der Waals surface area contributed by atoms with E-state index in [1.54, 1.807) is 19.2 Å². The van der Waals surface area contributed by atoms with Crippen molar-refractivity contribution in [1.82, 2.24) is 14.5 Å². The minimum absolute atomic E-state index is 0.0339. The SMILES string of the molecule is Cc1sc2nc(SCC(=O)N3CCN(c4ccc(F)cc4)CC3)n(C)c(=O)c2c1C. The van der Waals surface area contributed by atoms with E-state index in [1.165, 1.54) is 39.8 Å². The Hall–Kier alpha value is -2.39. The third kappa shape index (κ3) is 3.96. The van der Waals surface area contributed by atoms with Crippen LogP contribution in [-0.4, -0.2) is 52.3 Å². The van der Waals surface area contributed by atoms with Gasteiger partial charge in [-0.1, -0.05) is 11.8 Å². The first-order valence-electron chi connectivity index (χ1n) is 9.73. The molecule has 0 unspecified atom stereocenters. The average molecular weight is 447 g/mol. The van der Waals surface area contributed by atoms with Crippen molar-refractivity contribution in [3.63, 3.8) is 0 Å². The molecule has 0 spiro atoms. The molecular formula is C21H23FN4O2S2. The van der Waals surface area contributed by atoms with Crippen molar-refractivity contribution in [2.75, 3.05) is 36.8 Å². The molecule has 9 heteroatoms. The number of hydrogen-bond donors (Lipinski definition) is 0. The Morgan fingerprint density at radius 2 is 1.83 bits per heavy atom. The predicted octanol–water partition coefficient (Wildman–Crippen LogP) is 3.19. The van der Waals surface area contributed by atoms with Gasteiger partial charge in [-0.05, 0) is 43.7 Å². The van der Waals surface area contributed by atoms with Gasteiger partial charge in [-0.25, -0.2) is 9.37 Å². The molecule has 0 aliphatic carbocycles. The molecule has 6 nitrogen and oxygen atoms in total. The number of anilines is 1. The number of amides is 1. The molecule has 1 amide bonds. The molecule has 0 N–H and O–H groups in total. The van der Waals surface area contributed by atoms with Crippen LogP contribution < -0.4 is 10.5 Å². The van der Waals surface area contributed by atoms with Gasteiger partial charge in [-0.15, -0.1) is 11.3 Å². The molecule has 30 heavy (non-hydrogen) atoms. The smallest absolute Gasteiger partial charge is 0.262 e. The first-order chi connectivity index (χ1) is 14.3. The molecule has 0 bridgehead atoms. The number of nitrogens with zero attached hydrogens (tertiary/aromatic N) is 4. The number of halogens is 1. The van der Waals surface area contributed by atoms with E-state index >= 15 is 0 Å². The van der Waals surface area contributed by atoms with Gasteiger partial charge >= 0.3 is 0 Å². The summed E-state index contributed by atoms with van der Waals surface area (Å²) in [7, 11) is 1.70. The zero-order chi connectivity index (χ0) is 21.4. The molecule has 3 heterocycles. The van der Waals surface area contributed by atoms with Crippen LogP contribution in [0.1, 0.15) is 10.4 Å². The van der Waals surface area contributed by atoms with Crippen LogP contribution in [0.15, 0.2) is 34.2 Å². The van der Waals surface area contributed by atoms with E-state index in [0.717, 1.165) is 21.0 Å². The van der Waals surface area contributed by atoms with Crippen LogP contribution in [-0.2, 0) is 11.8 Å². The summed E-state index contributed by atoms with van der Waals surface area (Å²) in [6, 6.07) is 6.43. The highest BCUT2D eigenvalue weighted by molar-refractivity contribution is 7.99. The normalized spacial score (nSPS) is 14.5. The second kappa shape index (κ2) is 8.39. The van der Waals surface area contributed by atoms with Gasteiger partial charge in [0.1, 0.15) is 10.6 Å². The quantitative estimate of drug-likeness (QED) is 0.455. The fourth-order valence-corrected chi connectivity index (χ4v) is 5.51. The number of thiophene rings is 1. The Labute approximate surface area is 182 Å². The Balaban J connectivity index is 1.39. The fraction of sp³-hybridized carbons (Fsp3) is 0.381. The van der Waals surface area contributed by atoms with Gasteiger partial charge in [0.05, 0.1) is 11.1 Å². The van der Waals surface area contributed by atoms with Crippen molar-refractivity contribution in [3.05, 3.63) is 50.9 Å². The number of hydrogen-bond acceptors (Lipinski definition) is 6. The van der Waals surface area contributed by atoms with Crippen molar-refractivity contribution >= 4 is 44.9 Å². The number of carbonyl (C=O) groups is 1. The van der Waals surface area contributed by atoms with Gasteiger partial charge in [-0.3, -0.25) is 14.2 Å². The second-order valence-electron chi connectivity index (χ2n) is 7.35. The van der Waals surface area contributed by atoms with Crippen molar-refractivity contribution in [2.24, 2.45) is 7.05 Å². The van der Waals surface area contributed by atoms with Gasteiger partial charge in [0, 0.05) is 43.8 Å². The number of benzene rings is 1. The molecule has 1 aromatic carbocycles. The first kappa shape index (κ1) is 20.9. The Morgan fingerprint density at radius 3 is 2.50 bits per heavy atom. The summed E-state index contributed by atoms with van der Waals surface area (Å²) < 4.78 is 14.6. The van der Waals surface area contributed by atoms with E-state index in [4.69, 9.17) is 0 Å². The van der Waals surface area contributed by atoms with E-state index in [9.17, 15) is 14.0 Å². The van der Waals surface area contributed by atoms with E-state index < -0.39 is 0 Å². The van der Waals surface area contributed by atoms with E-state index in [0.29, 0.717) is 36.7 Å². The van der Waals surface area contributed by atoms with Crippen LogP contribution in [0.4, 0.5) is 10.1 Å². The number of fused-ring (bicyclic) bond motifs is 1. The molecule has 1 aliphatic heterocycles. The Kier molecular flexibility index (Phi) is 5.84. The lowest BCUT2D eigenvalue weighted by atomic mass is 10.2. The van der Waals surface area contributed by atoms with Crippen molar-refractivity contribution in [3.8, 4) is 0 Å².